The molecule has 1 N–H and O–H groups in total. The summed E-state index contributed by atoms with van der Waals surface area (Å²) in [7, 11) is 0. The lowest BCUT2D eigenvalue weighted by molar-refractivity contribution is -0.385. The van der Waals surface area contributed by atoms with Crippen molar-refractivity contribution in [2.75, 3.05) is 0 Å². The Labute approximate surface area is 119 Å². The second-order valence-electron chi connectivity index (χ2n) is 3.95. The quantitative estimate of drug-likeness (QED) is 0.679. The molecule has 0 saturated heterocycles. The molecule has 0 aliphatic carbocycles. The minimum atomic E-state index is -0.372. The first-order valence-corrected chi connectivity index (χ1v) is 6.49. The van der Waals surface area contributed by atoms with Gasteiger partial charge in [-0.15, -0.1) is 0 Å². The number of rotatable bonds is 5. The summed E-state index contributed by atoms with van der Waals surface area (Å²) < 4.78 is 0.702. The van der Waals surface area contributed by atoms with Gasteiger partial charge in [0.25, 0.3) is 5.69 Å². The molecule has 6 heteroatoms. The Hall–Kier alpha value is -1.79. The molecule has 0 unspecified atom stereocenters. The molecule has 1 aromatic heterocycles. The first kappa shape index (κ1) is 13.6. The summed E-state index contributed by atoms with van der Waals surface area (Å²) in [6, 6.07) is 10.7. The summed E-state index contributed by atoms with van der Waals surface area (Å²) in [5, 5.41) is 14.1. The van der Waals surface area contributed by atoms with Crippen LogP contribution in [0.5, 0.6) is 0 Å². The van der Waals surface area contributed by atoms with Gasteiger partial charge in [0, 0.05) is 35.4 Å². The molecular weight excluding hydrogens is 310 g/mol. The zero-order chi connectivity index (χ0) is 13.7. The number of nitro groups is 1. The van der Waals surface area contributed by atoms with Gasteiger partial charge >= 0.3 is 0 Å². The molecule has 0 radical (unpaired) electrons. The highest BCUT2D eigenvalue weighted by Crippen LogP contribution is 2.23. The first-order chi connectivity index (χ1) is 9.16. The highest BCUT2D eigenvalue weighted by molar-refractivity contribution is 9.10. The Bertz CT molecular complexity index is 575. The Morgan fingerprint density at radius 2 is 2.11 bits per heavy atom. The van der Waals surface area contributed by atoms with Crippen molar-refractivity contribution in [1.29, 1.82) is 0 Å². The second-order valence-corrected chi connectivity index (χ2v) is 4.87. The maximum Gasteiger partial charge on any atom is 0.275 e. The minimum absolute atomic E-state index is 0.114. The Morgan fingerprint density at radius 3 is 2.79 bits per heavy atom. The van der Waals surface area contributed by atoms with Gasteiger partial charge in [0.15, 0.2) is 0 Å². The fourth-order valence-electron chi connectivity index (χ4n) is 1.68. The van der Waals surface area contributed by atoms with Gasteiger partial charge in [0.05, 0.1) is 10.6 Å². The molecule has 98 valence electrons. The molecule has 19 heavy (non-hydrogen) atoms. The zero-order valence-corrected chi connectivity index (χ0v) is 11.6. The predicted octanol–water partition coefficient (Wildman–Crippen LogP) is 3.04. The van der Waals surface area contributed by atoms with Crippen LogP contribution in [-0.4, -0.2) is 9.91 Å². The van der Waals surface area contributed by atoms with Gasteiger partial charge in [-0.05, 0) is 24.3 Å². The SMILES string of the molecule is O=[N+]([O-])c1cc(Br)ccc1CNCc1ccccn1. The fraction of sp³-hybridized carbons (Fsp3) is 0.154. The van der Waals surface area contributed by atoms with Gasteiger partial charge in [-0.2, -0.15) is 0 Å². The Kier molecular flexibility index (Phi) is 4.59. The summed E-state index contributed by atoms with van der Waals surface area (Å²) in [4.78, 5) is 14.8. The van der Waals surface area contributed by atoms with E-state index in [4.69, 9.17) is 0 Å². The van der Waals surface area contributed by atoms with Crippen molar-refractivity contribution in [2.45, 2.75) is 13.1 Å². The molecule has 5 nitrogen and oxygen atoms in total. The third-order valence-electron chi connectivity index (χ3n) is 2.59. The number of pyridine rings is 1. The normalized spacial score (nSPS) is 10.4. The van der Waals surface area contributed by atoms with Crippen LogP contribution in [0.15, 0.2) is 47.1 Å². The molecule has 1 heterocycles. The van der Waals surface area contributed by atoms with Gasteiger partial charge in [-0.1, -0.05) is 22.0 Å². The van der Waals surface area contributed by atoms with E-state index in [0.717, 1.165) is 5.69 Å². The minimum Gasteiger partial charge on any atom is -0.307 e. The van der Waals surface area contributed by atoms with Crippen LogP contribution in [0.4, 0.5) is 5.69 Å². The van der Waals surface area contributed by atoms with Crippen molar-refractivity contribution >= 4 is 21.6 Å². The third kappa shape index (κ3) is 3.84. The van der Waals surface area contributed by atoms with Crippen LogP contribution in [0.2, 0.25) is 0 Å². The summed E-state index contributed by atoms with van der Waals surface area (Å²) in [6.07, 6.45) is 1.72. The van der Waals surface area contributed by atoms with E-state index in [-0.39, 0.29) is 10.6 Å². The number of aromatic nitrogens is 1. The monoisotopic (exact) mass is 321 g/mol. The van der Waals surface area contributed by atoms with Gasteiger partial charge < -0.3 is 5.32 Å². The zero-order valence-electron chi connectivity index (χ0n) is 10.0. The van der Waals surface area contributed by atoms with E-state index < -0.39 is 0 Å². The molecule has 1 aromatic carbocycles. The highest BCUT2D eigenvalue weighted by Gasteiger charge is 2.13. The number of hydrogen-bond acceptors (Lipinski definition) is 4. The first-order valence-electron chi connectivity index (χ1n) is 5.70. The van der Waals surface area contributed by atoms with Crippen molar-refractivity contribution in [3.8, 4) is 0 Å². The average molecular weight is 322 g/mol. The van der Waals surface area contributed by atoms with Gasteiger partial charge in [0.2, 0.25) is 0 Å². The molecular formula is C13H12BrN3O2. The van der Waals surface area contributed by atoms with Crippen LogP contribution in [-0.2, 0) is 13.1 Å². The van der Waals surface area contributed by atoms with Crippen molar-refractivity contribution in [1.82, 2.24) is 10.3 Å². The molecule has 0 saturated carbocycles. The number of benzene rings is 1. The summed E-state index contributed by atoms with van der Waals surface area (Å²) >= 11 is 3.23. The number of nitro benzene ring substituents is 1. The smallest absolute Gasteiger partial charge is 0.275 e. The fourth-order valence-corrected chi connectivity index (χ4v) is 2.03. The number of halogens is 1. The van der Waals surface area contributed by atoms with Crippen LogP contribution >= 0.6 is 15.9 Å². The summed E-state index contributed by atoms with van der Waals surface area (Å²) in [5.41, 5.74) is 1.68. The van der Waals surface area contributed by atoms with Crippen LogP contribution < -0.4 is 5.32 Å². The van der Waals surface area contributed by atoms with Gasteiger partial charge in [-0.25, -0.2) is 0 Å². The second kappa shape index (κ2) is 6.40. The standard InChI is InChI=1S/C13H12BrN3O2/c14-11-5-4-10(13(7-11)17(18)19)8-15-9-12-3-1-2-6-16-12/h1-7,15H,8-9H2. The molecule has 0 aliphatic heterocycles. The van der Waals surface area contributed by atoms with Gasteiger partial charge in [0.1, 0.15) is 0 Å². The number of nitrogens with one attached hydrogen (secondary N) is 1. The molecule has 0 spiro atoms. The van der Waals surface area contributed by atoms with Crippen LogP contribution in [0.3, 0.4) is 0 Å². The van der Waals surface area contributed by atoms with Crippen molar-refractivity contribution in [3.05, 3.63) is 68.4 Å². The van der Waals surface area contributed by atoms with Crippen LogP contribution in [0, 0.1) is 10.1 Å². The van der Waals surface area contributed by atoms with Crippen molar-refractivity contribution in [2.24, 2.45) is 0 Å². The predicted molar refractivity (Wildman–Crippen MR) is 75.6 cm³/mol. The summed E-state index contributed by atoms with van der Waals surface area (Å²) in [5.74, 6) is 0. The van der Waals surface area contributed by atoms with Crippen LogP contribution in [0.25, 0.3) is 0 Å². The van der Waals surface area contributed by atoms with E-state index in [1.54, 1.807) is 18.3 Å². The lowest BCUT2D eigenvalue weighted by Crippen LogP contribution is -2.14. The lowest BCUT2D eigenvalue weighted by Gasteiger charge is -2.05. The molecule has 2 rings (SSSR count). The van der Waals surface area contributed by atoms with Crippen molar-refractivity contribution < 1.29 is 4.92 Å². The van der Waals surface area contributed by atoms with Crippen molar-refractivity contribution in [3.63, 3.8) is 0 Å². The van der Waals surface area contributed by atoms with E-state index in [1.807, 2.05) is 18.2 Å². The largest absolute Gasteiger partial charge is 0.307 e. The number of nitrogens with zero attached hydrogens (tertiary/aromatic N) is 2. The Balaban J connectivity index is 2.02. The average Bonchev–Trinajstić information content (AvgIpc) is 2.41. The maximum atomic E-state index is 11.0. The lowest BCUT2D eigenvalue weighted by atomic mass is 10.2. The topological polar surface area (TPSA) is 68.1 Å². The Morgan fingerprint density at radius 1 is 1.26 bits per heavy atom. The van der Waals surface area contributed by atoms with E-state index in [9.17, 15) is 10.1 Å². The molecule has 0 atom stereocenters. The van der Waals surface area contributed by atoms with Crippen LogP contribution in [0.1, 0.15) is 11.3 Å². The molecule has 2 aromatic rings. The molecule has 0 aliphatic rings. The van der Waals surface area contributed by atoms with Gasteiger partial charge in [-0.3, -0.25) is 15.1 Å². The van der Waals surface area contributed by atoms with E-state index in [1.165, 1.54) is 6.07 Å². The molecule has 0 amide bonds. The molecule has 0 bridgehead atoms. The highest BCUT2D eigenvalue weighted by atomic mass is 79.9. The third-order valence-corrected chi connectivity index (χ3v) is 3.09. The summed E-state index contributed by atoms with van der Waals surface area (Å²) in [6.45, 7) is 1.01. The maximum absolute atomic E-state index is 11.0. The van der Waals surface area contributed by atoms with E-state index >= 15 is 0 Å². The van der Waals surface area contributed by atoms with E-state index in [0.29, 0.717) is 23.1 Å². The number of hydrogen-bond donors (Lipinski definition) is 1. The van der Waals surface area contributed by atoms with E-state index in [2.05, 4.69) is 26.2 Å². The molecule has 0 fully saturated rings.